The second-order valence-corrected chi connectivity index (χ2v) is 9.19. The minimum absolute atomic E-state index is 0.605. The predicted molar refractivity (Wildman–Crippen MR) is 126 cm³/mol. The Kier molecular flexibility index (Phi) is 4.94. The van der Waals surface area contributed by atoms with Crippen LogP contribution in [0.5, 0.6) is 0 Å². The van der Waals surface area contributed by atoms with Crippen molar-refractivity contribution in [2.75, 3.05) is 30.3 Å². The van der Waals surface area contributed by atoms with Gasteiger partial charge in [0.25, 0.3) is 0 Å². The van der Waals surface area contributed by atoms with Gasteiger partial charge in [0, 0.05) is 30.1 Å². The van der Waals surface area contributed by atoms with Gasteiger partial charge in [-0.2, -0.15) is 9.61 Å². The van der Waals surface area contributed by atoms with Gasteiger partial charge < -0.3 is 20.4 Å². The number of fused-ring (bicyclic) bond motifs is 2. The molecule has 4 aromatic rings. The van der Waals surface area contributed by atoms with E-state index >= 15 is 0 Å². The lowest BCUT2D eigenvalue weighted by molar-refractivity contribution is 0.389. The van der Waals surface area contributed by atoms with Crippen molar-refractivity contribution >= 4 is 22.9 Å². The Labute approximate surface area is 187 Å². The van der Waals surface area contributed by atoms with E-state index in [-0.39, 0.29) is 0 Å². The number of hydrogen-bond acceptors (Lipinski definition) is 6. The van der Waals surface area contributed by atoms with Crippen LogP contribution in [0.25, 0.3) is 11.3 Å². The topological polar surface area (TPSA) is 83.6 Å². The third-order valence-electron chi connectivity index (χ3n) is 6.74. The molecular weight excluding hydrogens is 400 g/mol. The molecule has 0 spiro atoms. The molecular formula is C24H30N8. The van der Waals surface area contributed by atoms with Crippen LogP contribution >= 0.6 is 0 Å². The smallest absolute Gasteiger partial charge is 0.163 e. The first-order valence-corrected chi connectivity index (χ1v) is 11.8. The highest BCUT2D eigenvalue weighted by molar-refractivity contribution is 5.61. The first-order chi connectivity index (χ1) is 15.7. The van der Waals surface area contributed by atoms with E-state index in [1.54, 1.807) is 0 Å². The van der Waals surface area contributed by atoms with Gasteiger partial charge in [0.15, 0.2) is 5.65 Å². The van der Waals surface area contributed by atoms with E-state index in [0.29, 0.717) is 18.4 Å². The first kappa shape index (κ1) is 19.5. The Hall–Kier alpha value is -3.13. The van der Waals surface area contributed by atoms with Crippen LogP contribution in [0.4, 0.5) is 11.6 Å². The van der Waals surface area contributed by atoms with Gasteiger partial charge in [0.2, 0.25) is 0 Å². The van der Waals surface area contributed by atoms with Gasteiger partial charge in [-0.1, -0.05) is 6.07 Å². The number of pyridine rings is 1. The number of aryl methyl sites for hydroxylation is 1. The van der Waals surface area contributed by atoms with Crippen LogP contribution in [0.1, 0.15) is 48.6 Å². The minimum Gasteiger partial charge on any atom is -0.370 e. The van der Waals surface area contributed by atoms with Crippen LogP contribution in [0.15, 0.2) is 36.7 Å². The van der Waals surface area contributed by atoms with E-state index in [1.165, 1.54) is 36.9 Å². The SMILES string of the molecule is Cc1cccc2nc(CNc3cc(NCC4CCNCC4)nc4c(C5CC5)cnn34)cn12. The molecule has 1 saturated heterocycles. The van der Waals surface area contributed by atoms with E-state index in [9.17, 15) is 0 Å². The van der Waals surface area contributed by atoms with Crippen LogP contribution in [-0.2, 0) is 6.54 Å². The maximum Gasteiger partial charge on any atom is 0.163 e. The molecule has 166 valence electrons. The van der Waals surface area contributed by atoms with Crippen molar-refractivity contribution in [1.29, 1.82) is 0 Å². The van der Waals surface area contributed by atoms with Crippen molar-refractivity contribution in [2.45, 2.75) is 45.1 Å². The monoisotopic (exact) mass is 430 g/mol. The van der Waals surface area contributed by atoms with Crippen LogP contribution in [0.3, 0.4) is 0 Å². The summed E-state index contributed by atoms with van der Waals surface area (Å²) in [6, 6.07) is 8.27. The summed E-state index contributed by atoms with van der Waals surface area (Å²) < 4.78 is 4.08. The summed E-state index contributed by atoms with van der Waals surface area (Å²) in [5.74, 6) is 3.17. The Balaban J connectivity index is 1.27. The van der Waals surface area contributed by atoms with Crippen molar-refractivity contribution in [1.82, 2.24) is 29.3 Å². The predicted octanol–water partition coefficient (Wildman–Crippen LogP) is 3.59. The standard InChI is InChI=1S/C24H30N8/c1-16-3-2-4-22-29-19(15-31(16)22)13-27-23-11-21(26-12-17-7-9-25-10-8-17)30-24-20(18-5-6-18)14-28-32(23)24/h2-4,11,14-15,17-18,25,27H,5-10,12-13H2,1H3,(H,26,30). The largest absolute Gasteiger partial charge is 0.370 e. The molecule has 0 amide bonds. The van der Waals surface area contributed by atoms with Gasteiger partial charge in [0.1, 0.15) is 17.3 Å². The highest BCUT2D eigenvalue weighted by Crippen LogP contribution is 2.42. The molecule has 0 bridgehead atoms. The summed E-state index contributed by atoms with van der Waals surface area (Å²) in [5, 5.41) is 15.3. The zero-order chi connectivity index (χ0) is 21.5. The number of aromatic nitrogens is 5. The third kappa shape index (κ3) is 3.79. The average Bonchev–Trinajstić information content (AvgIpc) is 3.42. The minimum atomic E-state index is 0.605. The van der Waals surface area contributed by atoms with E-state index in [0.717, 1.165) is 48.3 Å². The number of imidazole rings is 1. The molecule has 2 fully saturated rings. The highest BCUT2D eigenvalue weighted by Gasteiger charge is 2.28. The zero-order valence-electron chi connectivity index (χ0n) is 18.5. The molecule has 8 heteroatoms. The van der Waals surface area contributed by atoms with Crippen LogP contribution in [-0.4, -0.2) is 43.6 Å². The fourth-order valence-electron chi connectivity index (χ4n) is 4.68. The second-order valence-electron chi connectivity index (χ2n) is 9.19. The quantitative estimate of drug-likeness (QED) is 0.416. The fraction of sp³-hybridized carbons (Fsp3) is 0.458. The molecule has 3 N–H and O–H groups in total. The number of anilines is 2. The number of nitrogens with one attached hydrogen (secondary N) is 3. The van der Waals surface area contributed by atoms with Crippen molar-refractivity contribution < 1.29 is 0 Å². The van der Waals surface area contributed by atoms with Crippen molar-refractivity contribution in [3.8, 4) is 0 Å². The fourth-order valence-corrected chi connectivity index (χ4v) is 4.68. The molecule has 1 aliphatic carbocycles. The van der Waals surface area contributed by atoms with Gasteiger partial charge >= 0.3 is 0 Å². The molecule has 1 aliphatic heterocycles. The van der Waals surface area contributed by atoms with E-state index in [2.05, 4.69) is 50.7 Å². The molecule has 0 atom stereocenters. The lowest BCUT2D eigenvalue weighted by Crippen LogP contribution is -2.31. The van der Waals surface area contributed by atoms with Crippen molar-refractivity contribution in [3.63, 3.8) is 0 Å². The highest BCUT2D eigenvalue weighted by atomic mass is 15.3. The lowest BCUT2D eigenvalue weighted by Gasteiger charge is -2.23. The van der Waals surface area contributed by atoms with E-state index in [4.69, 9.17) is 9.97 Å². The number of nitrogens with zero attached hydrogens (tertiary/aromatic N) is 5. The van der Waals surface area contributed by atoms with Gasteiger partial charge in [-0.25, -0.2) is 9.97 Å². The molecule has 8 nitrogen and oxygen atoms in total. The zero-order valence-corrected chi connectivity index (χ0v) is 18.5. The van der Waals surface area contributed by atoms with Crippen LogP contribution < -0.4 is 16.0 Å². The number of rotatable bonds is 7. The molecule has 4 aromatic heterocycles. The van der Waals surface area contributed by atoms with Gasteiger partial charge in [-0.3, -0.25) is 0 Å². The summed E-state index contributed by atoms with van der Waals surface area (Å²) in [5.41, 5.74) is 5.39. The summed E-state index contributed by atoms with van der Waals surface area (Å²) in [4.78, 5) is 9.72. The van der Waals surface area contributed by atoms with Gasteiger partial charge in [-0.05, 0) is 69.7 Å². The van der Waals surface area contributed by atoms with Gasteiger partial charge in [0.05, 0.1) is 18.4 Å². The first-order valence-electron chi connectivity index (χ1n) is 11.8. The van der Waals surface area contributed by atoms with E-state index in [1.807, 2.05) is 22.8 Å². The number of hydrogen-bond donors (Lipinski definition) is 3. The third-order valence-corrected chi connectivity index (χ3v) is 6.74. The molecule has 1 saturated carbocycles. The van der Waals surface area contributed by atoms with Crippen LogP contribution in [0.2, 0.25) is 0 Å². The normalized spacial score (nSPS) is 17.3. The van der Waals surface area contributed by atoms with Crippen molar-refractivity contribution in [3.05, 3.63) is 53.6 Å². The molecule has 0 unspecified atom stereocenters. The average molecular weight is 431 g/mol. The summed E-state index contributed by atoms with van der Waals surface area (Å²) in [6.07, 6.45) is 9.00. The molecule has 2 aliphatic rings. The molecule has 0 aromatic carbocycles. The maximum atomic E-state index is 4.96. The Bertz CT molecular complexity index is 1250. The Morgan fingerprint density at radius 3 is 2.78 bits per heavy atom. The number of piperidine rings is 1. The second kappa shape index (κ2) is 8.09. The molecule has 6 rings (SSSR count). The molecule has 32 heavy (non-hydrogen) atoms. The summed E-state index contributed by atoms with van der Waals surface area (Å²) in [7, 11) is 0. The Morgan fingerprint density at radius 2 is 1.97 bits per heavy atom. The van der Waals surface area contributed by atoms with Gasteiger partial charge in [-0.15, -0.1) is 0 Å². The summed E-state index contributed by atoms with van der Waals surface area (Å²) >= 11 is 0. The lowest BCUT2D eigenvalue weighted by atomic mass is 9.98. The molecule has 5 heterocycles. The Morgan fingerprint density at radius 1 is 1.09 bits per heavy atom. The summed E-state index contributed by atoms with van der Waals surface area (Å²) in [6.45, 7) is 5.91. The van der Waals surface area contributed by atoms with Crippen molar-refractivity contribution in [2.24, 2.45) is 5.92 Å². The van der Waals surface area contributed by atoms with Crippen LogP contribution in [0, 0.1) is 12.8 Å². The maximum absolute atomic E-state index is 4.96. The van der Waals surface area contributed by atoms with E-state index < -0.39 is 0 Å². The molecule has 0 radical (unpaired) electrons.